The quantitative estimate of drug-likeness (QED) is 0.840. The van der Waals surface area contributed by atoms with Crippen LogP contribution in [0.25, 0.3) is 0 Å². The van der Waals surface area contributed by atoms with E-state index in [1.165, 1.54) is 7.11 Å². The molecule has 1 aliphatic heterocycles. The molecule has 6 nitrogen and oxygen atoms in total. The van der Waals surface area contributed by atoms with Crippen molar-refractivity contribution in [1.29, 1.82) is 0 Å². The van der Waals surface area contributed by atoms with Gasteiger partial charge in [-0.15, -0.1) is 0 Å². The second-order valence-electron chi connectivity index (χ2n) is 4.87. The van der Waals surface area contributed by atoms with Gasteiger partial charge >= 0.3 is 5.97 Å². The molecule has 1 aromatic rings. The molecule has 1 amide bonds. The molecule has 0 radical (unpaired) electrons. The molecule has 6 heteroatoms. The second-order valence-corrected chi connectivity index (χ2v) is 4.87. The van der Waals surface area contributed by atoms with E-state index in [1.807, 2.05) is 13.0 Å². The number of esters is 1. The Kier molecular flexibility index (Phi) is 5.16. The number of benzene rings is 1. The Hall–Kier alpha value is -2.08. The summed E-state index contributed by atoms with van der Waals surface area (Å²) in [7, 11) is 1.34. The molecule has 1 N–H and O–H groups in total. The van der Waals surface area contributed by atoms with E-state index in [0.29, 0.717) is 31.9 Å². The summed E-state index contributed by atoms with van der Waals surface area (Å²) in [5, 5.41) is 3.09. The molecule has 0 unspecified atom stereocenters. The average molecular weight is 292 g/mol. The van der Waals surface area contributed by atoms with Crippen molar-refractivity contribution in [2.24, 2.45) is 0 Å². The molecule has 0 aliphatic carbocycles. The number of aryl methyl sites for hydroxylation is 1. The first kappa shape index (κ1) is 15.3. The molecule has 0 spiro atoms. The molecule has 0 atom stereocenters. The zero-order valence-electron chi connectivity index (χ0n) is 12.3. The number of methoxy groups -OCH3 is 1. The van der Waals surface area contributed by atoms with E-state index in [9.17, 15) is 9.59 Å². The monoisotopic (exact) mass is 292 g/mol. The van der Waals surface area contributed by atoms with Crippen molar-refractivity contribution >= 4 is 17.6 Å². The van der Waals surface area contributed by atoms with Crippen LogP contribution in [0.1, 0.15) is 15.9 Å². The first-order chi connectivity index (χ1) is 10.1. The van der Waals surface area contributed by atoms with Gasteiger partial charge in [0.15, 0.2) is 0 Å². The van der Waals surface area contributed by atoms with E-state index >= 15 is 0 Å². The lowest BCUT2D eigenvalue weighted by molar-refractivity contribution is -0.133. The number of amides is 1. The van der Waals surface area contributed by atoms with Crippen molar-refractivity contribution in [1.82, 2.24) is 4.90 Å². The van der Waals surface area contributed by atoms with Crippen molar-refractivity contribution < 1.29 is 19.1 Å². The van der Waals surface area contributed by atoms with Crippen LogP contribution < -0.4 is 5.32 Å². The smallest absolute Gasteiger partial charge is 0.337 e. The predicted molar refractivity (Wildman–Crippen MR) is 78.4 cm³/mol. The second kappa shape index (κ2) is 7.08. The van der Waals surface area contributed by atoms with E-state index in [0.717, 1.165) is 11.3 Å². The summed E-state index contributed by atoms with van der Waals surface area (Å²) in [5.74, 6) is -0.362. The summed E-state index contributed by atoms with van der Waals surface area (Å²) in [6.07, 6.45) is 0. The molecular weight excluding hydrogens is 272 g/mol. The van der Waals surface area contributed by atoms with Crippen LogP contribution >= 0.6 is 0 Å². The van der Waals surface area contributed by atoms with Crippen molar-refractivity contribution in [3.8, 4) is 0 Å². The van der Waals surface area contributed by atoms with Gasteiger partial charge in [0.1, 0.15) is 0 Å². The summed E-state index contributed by atoms with van der Waals surface area (Å²) in [4.78, 5) is 25.4. The molecule has 1 aromatic carbocycles. The fourth-order valence-corrected chi connectivity index (χ4v) is 2.15. The van der Waals surface area contributed by atoms with Crippen molar-refractivity contribution in [3.05, 3.63) is 29.3 Å². The van der Waals surface area contributed by atoms with Crippen LogP contribution in [0.3, 0.4) is 0 Å². The topological polar surface area (TPSA) is 67.9 Å². The van der Waals surface area contributed by atoms with Gasteiger partial charge in [0, 0.05) is 18.8 Å². The molecule has 1 heterocycles. The Balaban J connectivity index is 1.98. The molecule has 114 valence electrons. The van der Waals surface area contributed by atoms with Crippen LogP contribution in [0, 0.1) is 6.92 Å². The zero-order chi connectivity index (χ0) is 15.2. The zero-order valence-corrected chi connectivity index (χ0v) is 12.3. The molecule has 21 heavy (non-hydrogen) atoms. The molecule has 1 aliphatic rings. The first-order valence-electron chi connectivity index (χ1n) is 6.90. The van der Waals surface area contributed by atoms with Gasteiger partial charge in [0.2, 0.25) is 5.91 Å². The summed E-state index contributed by atoms with van der Waals surface area (Å²) >= 11 is 0. The fourth-order valence-electron chi connectivity index (χ4n) is 2.15. The molecule has 0 aromatic heterocycles. The normalized spacial score (nSPS) is 14.7. The summed E-state index contributed by atoms with van der Waals surface area (Å²) in [5.41, 5.74) is 2.20. The van der Waals surface area contributed by atoms with Gasteiger partial charge in [0.05, 0.1) is 32.4 Å². The molecule has 1 saturated heterocycles. The highest BCUT2D eigenvalue weighted by atomic mass is 16.5. The van der Waals surface area contributed by atoms with Crippen LogP contribution in [-0.2, 0) is 14.3 Å². The minimum absolute atomic E-state index is 0.0289. The number of nitrogens with zero attached hydrogens (tertiary/aromatic N) is 1. The predicted octanol–water partition coefficient (Wildman–Crippen LogP) is 1.05. The van der Waals surface area contributed by atoms with Crippen LogP contribution in [-0.4, -0.2) is 56.7 Å². The number of hydrogen-bond donors (Lipinski definition) is 1. The lowest BCUT2D eigenvalue weighted by Crippen LogP contribution is -2.43. The van der Waals surface area contributed by atoms with Crippen LogP contribution in [0.2, 0.25) is 0 Å². The van der Waals surface area contributed by atoms with Crippen LogP contribution in [0.15, 0.2) is 18.2 Å². The maximum absolute atomic E-state index is 12.1. The van der Waals surface area contributed by atoms with Gasteiger partial charge in [-0.1, -0.05) is 6.07 Å². The maximum Gasteiger partial charge on any atom is 0.337 e. The summed E-state index contributed by atoms with van der Waals surface area (Å²) in [6, 6.07) is 5.23. The number of rotatable bonds is 4. The minimum atomic E-state index is -0.391. The van der Waals surface area contributed by atoms with Gasteiger partial charge in [0.25, 0.3) is 0 Å². The van der Waals surface area contributed by atoms with Crippen molar-refractivity contribution in [3.63, 3.8) is 0 Å². The SMILES string of the molecule is COC(=O)c1ccc(C)c(NCC(=O)N2CCOCC2)c1. The Morgan fingerprint density at radius 2 is 2.05 bits per heavy atom. The van der Waals surface area contributed by atoms with Crippen molar-refractivity contribution in [2.75, 3.05) is 45.3 Å². The number of morpholine rings is 1. The van der Waals surface area contributed by atoms with Gasteiger partial charge in [-0.25, -0.2) is 4.79 Å². The third-order valence-corrected chi connectivity index (χ3v) is 3.45. The van der Waals surface area contributed by atoms with E-state index in [2.05, 4.69) is 5.32 Å². The molecule has 0 saturated carbocycles. The third-order valence-electron chi connectivity index (χ3n) is 3.45. The van der Waals surface area contributed by atoms with E-state index < -0.39 is 5.97 Å². The number of carbonyl (C=O) groups excluding carboxylic acids is 2. The third kappa shape index (κ3) is 3.95. The van der Waals surface area contributed by atoms with E-state index in [4.69, 9.17) is 9.47 Å². The van der Waals surface area contributed by atoms with Gasteiger partial charge < -0.3 is 19.7 Å². The standard InChI is InChI=1S/C15H20N2O4/c1-11-3-4-12(15(19)20-2)9-13(11)16-10-14(18)17-5-7-21-8-6-17/h3-4,9,16H,5-8,10H2,1-2H3. The van der Waals surface area contributed by atoms with Crippen molar-refractivity contribution in [2.45, 2.75) is 6.92 Å². The number of ether oxygens (including phenoxy) is 2. The Morgan fingerprint density at radius 1 is 1.33 bits per heavy atom. The highest BCUT2D eigenvalue weighted by Gasteiger charge is 2.16. The Bertz CT molecular complexity index is 524. The fraction of sp³-hybridized carbons (Fsp3) is 0.467. The van der Waals surface area contributed by atoms with E-state index in [1.54, 1.807) is 17.0 Å². The lowest BCUT2D eigenvalue weighted by Gasteiger charge is -2.27. The lowest BCUT2D eigenvalue weighted by atomic mass is 10.1. The number of carbonyl (C=O) groups is 2. The van der Waals surface area contributed by atoms with Gasteiger partial charge in [-0.3, -0.25) is 4.79 Å². The molecule has 0 bridgehead atoms. The number of anilines is 1. The highest BCUT2D eigenvalue weighted by Crippen LogP contribution is 2.17. The Labute approximate surface area is 124 Å². The van der Waals surface area contributed by atoms with Crippen LogP contribution in [0.4, 0.5) is 5.69 Å². The summed E-state index contributed by atoms with van der Waals surface area (Å²) in [6.45, 7) is 4.54. The van der Waals surface area contributed by atoms with Crippen LogP contribution in [0.5, 0.6) is 0 Å². The molecular formula is C15H20N2O4. The van der Waals surface area contributed by atoms with Gasteiger partial charge in [-0.05, 0) is 24.6 Å². The maximum atomic E-state index is 12.1. The number of hydrogen-bond acceptors (Lipinski definition) is 5. The minimum Gasteiger partial charge on any atom is -0.465 e. The summed E-state index contributed by atoms with van der Waals surface area (Å²) < 4.78 is 9.92. The van der Waals surface area contributed by atoms with Gasteiger partial charge in [-0.2, -0.15) is 0 Å². The largest absolute Gasteiger partial charge is 0.465 e. The molecule has 1 fully saturated rings. The van der Waals surface area contributed by atoms with E-state index in [-0.39, 0.29) is 12.5 Å². The number of nitrogens with one attached hydrogen (secondary N) is 1. The first-order valence-corrected chi connectivity index (χ1v) is 6.90. The average Bonchev–Trinajstić information content (AvgIpc) is 2.53. The Morgan fingerprint density at radius 3 is 2.71 bits per heavy atom. The highest BCUT2D eigenvalue weighted by molar-refractivity contribution is 5.91. The molecule has 2 rings (SSSR count).